The Morgan fingerprint density at radius 3 is 2.11 bits per heavy atom. The lowest BCUT2D eigenvalue weighted by Gasteiger charge is -2.15. The van der Waals surface area contributed by atoms with E-state index in [-0.39, 0.29) is 4.90 Å². The molecule has 4 nitrogen and oxygen atoms in total. The van der Waals surface area contributed by atoms with Crippen LogP contribution in [0.25, 0.3) is 22.3 Å². The van der Waals surface area contributed by atoms with Crippen molar-refractivity contribution < 1.29 is 26.3 Å². The summed E-state index contributed by atoms with van der Waals surface area (Å²) in [6.07, 6.45) is -4.51. The molecule has 0 aliphatic rings. The Kier molecular flexibility index (Phi) is 5.18. The zero-order valence-electron chi connectivity index (χ0n) is 14.7. The third-order valence-corrected chi connectivity index (χ3v) is 5.15. The molecule has 3 rings (SSSR count). The Morgan fingerprint density at radius 2 is 1.54 bits per heavy atom. The van der Waals surface area contributed by atoms with Gasteiger partial charge in [-0.1, -0.05) is 30.3 Å². The van der Waals surface area contributed by atoms with Gasteiger partial charge in [-0.3, -0.25) is 0 Å². The average molecular weight is 407 g/mol. The first-order chi connectivity index (χ1) is 13.1. The van der Waals surface area contributed by atoms with E-state index in [0.717, 1.165) is 12.1 Å². The van der Waals surface area contributed by atoms with Gasteiger partial charge in [0, 0.05) is 0 Å². The highest BCUT2D eigenvalue weighted by Crippen LogP contribution is 2.39. The number of alkyl halides is 3. The topological polar surface area (TPSA) is 69.4 Å². The molecular formula is C20H16F3NO3S. The van der Waals surface area contributed by atoms with Crippen LogP contribution in [0.15, 0.2) is 71.6 Å². The van der Waals surface area contributed by atoms with E-state index in [2.05, 4.69) is 0 Å². The van der Waals surface area contributed by atoms with E-state index in [1.54, 1.807) is 24.3 Å². The number of hydrogen-bond donors (Lipinski definition) is 1. The SMILES string of the molecule is COc1cccc(-c2ccc(C(F)(F)F)cc2-c2ccc(S(N)(=O)=O)cc2)c1. The summed E-state index contributed by atoms with van der Waals surface area (Å²) >= 11 is 0. The van der Waals surface area contributed by atoms with Gasteiger partial charge in [-0.2, -0.15) is 13.2 Å². The van der Waals surface area contributed by atoms with E-state index in [4.69, 9.17) is 9.88 Å². The third-order valence-electron chi connectivity index (χ3n) is 4.22. The molecular weight excluding hydrogens is 391 g/mol. The lowest BCUT2D eigenvalue weighted by Crippen LogP contribution is -2.11. The molecule has 0 fully saturated rings. The fourth-order valence-electron chi connectivity index (χ4n) is 2.83. The van der Waals surface area contributed by atoms with Crippen molar-refractivity contribution in [2.24, 2.45) is 5.14 Å². The number of primary sulfonamides is 1. The number of nitrogens with two attached hydrogens (primary N) is 1. The first kappa shape index (κ1) is 19.9. The van der Waals surface area contributed by atoms with Crippen LogP contribution in [0.3, 0.4) is 0 Å². The fourth-order valence-corrected chi connectivity index (χ4v) is 3.34. The number of sulfonamides is 1. The van der Waals surface area contributed by atoms with Crippen LogP contribution in [0.5, 0.6) is 5.75 Å². The summed E-state index contributed by atoms with van der Waals surface area (Å²) in [5.41, 5.74) is 1.15. The van der Waals surface area contributed by atoms with Crippen LogP contribution < -0.4 is 9.88 Å². The second-order valence-electron chi connectivity index (χ2n) is 6.06. The van der Waals surface area contributed by atoms with Crippen LogP contribution in [-0.2, 0) is 16.2 Å². The Hall–Kier alpha value is -2.84. The van der Waals surface area contributed by atoms with E-state index >= 15 is 0 Å². The average Bonchev–Trinajstić information content (AvgIpc) is 2.66. The van der Waals surface area contributed by atoms with Crippen molar-refractivity contribution in [3.63, 3.8) is 0 Å². The van der Waals surface area contributed by atoms with E-state index in [9.17, 15) is 21.6 Å². The maximum Gasteiger partial charge on any atom is 0.416 e. The molecule has 0 aliphatic carbocycles. The van der Waals surface area contributed by atoms with Gasteiger partial charge in [0.15, 0.2) is 0 Å². The molecule has 0 saturated carbocycles. The molecule has 0 saturated heterocycles. The van der Waals surface area contributed by atoms with Crippen LogP contribution in [0.2, 0.25) is 0 Å². The Labute approximate surface area is 160 Å². The molecule has 3 aromatic carbocycles. The third kappa shape index (κ3) is 4.18. The molecule has 0 atom stereocenters. The molecule has 8 heteroatoms. The molecule has 0 aliphatic heterocycles. The highest BCUT2D eigenvalue weighted by molar-refractivity contribution is 7.89. The highest BCUT2D eigenvalue weighted by Gasteiger charge is 2.31. The number of methoxy groups -OCH3 is 1. The van der Waals surface area contributed by atoms with E-state index < -0.39 is 21.8 Å². The van der Waals surface area contributed by atoms with Gasteiger partial charge >= 0.3 is 6.18 Å². The predicted octanol–water partition coefficient (Wildman–Crippen LogP) is 4.70. The van der Waals surface area contributed by atoms with Crippen molar-refractivity contribution in [3.8, 4) is 28.0 Å². The summed E-state index contributed by atoms with van der Waals surface area (Å²) in [6, 6.07) is 15.8. The standard InChI is InChI=1S/C20H16F3NO3S/c1-27-16-4-2-3-14(11-16)18-10-7-15(20(21,22)23)12-19(18)13-5-8-17(9-6-13)28(24,25)26/h2-12H,1H3,(H2,24,25,26). The van der Waals surface area contributed by atoms with Crippen molar-refractivity contribution in [3.05, 3.63) is 72.3 Å². The van der Waals surface area contributed by atoms with Crippen LogP contribution in [-0.4, -0.2) is 15.5 Å². The normalized spacial score (nSPS) is 12.0. The van der Waals surface area contributed by atoms with Crippen LogP contribution >= 0.6 is 0 Å². The maximum atomic E-state index is 13.2. The Bertz CT molecular complexity index is 1110. The summed E-state index contributed by atoms with van der Waals surface area (Å²) in [4.78, 5) is -0.119. The van der Waals surface area contributed by atoms with Gasteiger partial charge in [-0.15, -0.1) is 0 Å². The lowest BCUT2D eigenvalue weighted by atomic mass is 9.92. The highest BCUT2D eigenvalue weighted by atomic mass is 32.2. The Morgan fingerprint density at radius 1 is 0.857 bits per heavy atom. The lowest BCUT2D eigenvalue weighted by molar-refractivity contribution is -0.137. The molecule has 0 radical (unpaired) electrons. The molecule has 146 valence electrons. The van der Waals surface area contributed by atoms with Crippen molar-refractivity contribution in [1.29, 1.82) is 0 Å². The summed E-state index contributed by atoms with van der Waals surface area (Å²) < 4.78 is 67.8. The van der Waals surface area contributed by atoms with Gasteiger partial charge in [0.1, 0.15) is 5.75 Å². The molecule has 3 aromatic rings. The quantitative estimate of drug-likeness (QED) is 0.682. The second-order valence-corrected chi connectivity index (χ2v) is 7.62. The molecule has 0 spiro atoms. The van der Waals surface area contributed by atoms with Crippen LogP contribution in [0.4, 0.5) is 13.2 Å². The number of hydrogen-bond acceptors (Lipinski definition) is 3. The monoisotopic (exact) mass is 407 g/mol. The van der Waals surface area contributed by atoms with E-state index in [1.807, 2.05) is 0 Å². The Balaban J connectivity index is 2.21. The second kappa shape index (κ2) is 7.29. The number of rotatable bonds is 4. The van der Waals surface area contributed by atoms with Gasteiger partial charge in [-0.25, -0.2) is 13.6 Å². The van der Waals surface area contributed by atoms with Crippen molar-refractivity contribution in [2.75, 3.05) is 7.11 Å². The van der Waals surface area contributed by atoms with Crippen LogP contribution in [0, 0.1) is 0 Å². The smallest absolute Gasteiger partial charge is 0.416 e. The minimum atomic E-state index is -4.51. The first-order valence-corrected chi connectivity index (χ1v) is 9.63. The zero-order chi connectivity index (χ0) is 20.5. The summed E-state index contributed by atoms with van der Waals surface area (Å²) in [7, 11) is -2.40. The van der Waals surface area contributed by atoms with Gasteiger partial charge in [-0.05, 0) is 58.7 Å². The first-order valence-electron chi connectivity index (χ1n) is 8.08. The van der Waals surface area contributed by atoms with Crippen molar-refractivity contribution >= 4 is 10.0 Å². The summed E-state index contributed by atoms with van der Waals surface area (Å²) in [6.45, 7) is 0. The minimum Gasteiger partial charge on any atom is -0.497 e. The van der Waals surface area contributed by atoms with Gasteiger partial charge < -0.3 is 4.74 Å². The van der Waals surface area contributed by atoms with Crippen molar-refractivity contribution in [1.82, 2.24) is 0 Å². The van der Waals surface area contributed by atoms with Crippen LogP contribution in [0.1, 0.15) is 5.56 Å². The molecule has 0 bridgehead atoms. The predicted molar refractivity (Wildman–Crippen MR) is 100 cm³/mol. The molecule has 0 amide bonds. The van der Waals surface area contributed by atoms with E-state index in [0.29, 0.717) is 28.0 Å². The molecule has 0 heterocycles. The summed E-state index contributed by atoms with van der Waals surface area (Å²) in [5.74, 6) is 0.563. The van der Waals surface area contributed by atoms with E-state index in [1.165, 1.54) is 37.4 Å². The maximum absolute atomic E-state index is 13.2. The number of ether oxygens (including phenoxy) is 1. The number of benzene rings is 3. The molecule has 28 heavy (non-hydrogen) atoms. The zero-order valence-corrected chi connectivity index (χ0v) is 15.5. The molecule has 0 unspecified atom stereocenters. The largest absolute Gasteiger partial charge is 0.497 e. The van der Waals surface area contributed by atoms with Gasteiger partial charge in [0.25, 0.3) is 0 Å². The van der Waals surface area contributed by atoms with Gasteiger partial charge in [0.05, 0.1) is 17.6 Å². The number of halogens is 3. The summed E-state index contributed by atoms with van der Waals surface area (Å²) in [5, 5.41) is 5.09. The van der Waals surface area contributed by atoms with Gasteiger partial charge in [0.2, 0.25) is 10.0 Å². The minimum absolute atomic E-state index is 0.119. The fraction of sp³-hybridized carbons (Fsp3) is 0.100. The molecule has 0 aromatic heterocycles. The van der Waals surface area contributed by atoms with Crippen molar-refractivity contribution in [2.45, 2.75) is 11.1 Å². The molecule has 2 N–H and O–H groups in total.